The largest absolute Gasteiger partial charge is 0.319 e. The van der Waals surface area contributed by atoms with Crippen LogP contribution in [0.5, 0.6) is 0 Å². The Morgan fingerprint density at radius 2 is 1.50 bits per heavy atom. The van der Waals surface area contributed by atoms with Crippen molar-refractivity contribution in [2.24, 2.45) is 4.99 Å². The summed E-state index contributed by atoms with van der Waals surface area (Å²) in [6, 6.07) is 18.5. The molecule has 0 spiro atoms. The molecule has 3 aromatic rings. The molecule has 0 amide bonds. The Morgan fingerprint density at radius 3 is 2.04 bits per heavy atom. The lowest BCUT2D eigenvalue weighted by Gasteiger charge is -2.09. The monoisotopic (exact) mass is 319 g/mol. The van der Waals surface area contributed by atoms with E-state index in [1.807, 2.05) is 24.3 Å². The first kappa shape index (κ1) is 15.7. The standard InChI is InChI=1S/C19H17N3O2/c1-14-3-4-15(2)21(14)18-11-7-17(8-12-18)20-13-16-5-9-19(10-6-16)22(23)24/h3-13H,1-2H3. The topological polar surface area (TPSA) is 60.4 Å². The zero-order valence-corrected chi connectivity index (χ0v) is 13.5. The number of non-ortho nitro benzene ring substituents is 1. The van der Waals surface area contributed by atoms with Crippen molar-refractivity contribution >= 4 is 17.6 Å². The summed E-state index contributed by atoms with van der Waals surface area (Å²) < 4.78 is 2.18. The number of nitro benzene ring substituents is 1. The van der Waals surface area contributed by atoms with Crippen molar-refractivity contribution in [3.63, 3.8) is 0 Å². The first-order chi connectivity index (χ1) is 11.5. The summed E-state index contributed by atoms with van der Waals surface area (Å²) in [6.45, 7) is 4.15. The Hall–Kier alpha value is -3.21. The first-order valence-electron chi connectivity index (χ1n) is 7.58. The van der Waals surface area contributed by atoms with Crippen LogP contribution in [-0.2, 0) is 0 Å². The normalized spacial score (nSPS) is 11.1. The van der Waals surface area contributed by atoms with E-state index in [1.165, 1.54) is 23.5 Å². The predicted octanol–water partition coefficient (Wildman–Crippen LogP) is 4.75. The maximum absolute atomic E-state index is 10.6. The summed E-state index contributed by atoms with van der Waals surface area (Å²) in [5.41, 5.74) is 5.21. The summed E-state index contributed by atoms with van der Waals surface area (Å²) in [5.74, 6) is 0. The van der Waals surface area contributed by atoms with E-state index >= 15 is 0 Å². The second kappa shape index (κ2) is 6.50. The van der Waals surface area contributed by atoms with Crippen LogP contribution in [0.2, 0.25) is 0 Å². The van der Waals surface area contributed by atoms with E-state index in [1.54, 1.807) is 18.3 Å². The highest BCUT2D eigenvalue weighted by molar-refractivity contribution is 5.82. The third-order valence-electron chi connectivity index (χ3n) is 3.85. The van der Waals surface area contributed by atoms with Gasteiger partial charge >= 0.3 is 0 Å². The number of aryl methyl sites for hydroxylation is 2. The lowest BCUT2D eigenvalue weighted by molar-refractivity contribution is -0.384. The summed E-state index contributed by atoms with van der Waals surface area (Å²) in [5, 5.41) is 10.6. The van der Waals surface area contributed by atoms with E-state index in [9.17, 15) is 10.1 Å². The quantitative estimate of drug-likeness (QED) is 0.396. The molecule has 5 heteroatoms. The molecule has 24 heavy (non-hydrogen) atoms. The number of nitrogens with zero attached hydrogens (tertiary/aromatic N) is 3. The smallest absolute Gasteiger partial charge is 0.269 e. The van der Waals surface area contributed by atoms with Gasteiger partial charge in [0.25, 0.3) is 5.69 Å². The molecule has 1 aromatic heterocycles. The summed E-state index contributed by atoms with van der Waals surface area (Å²) in [7, 11) is 0. The fourth-order valence-corrected chi connectivity index (χ4v) is 2.59. The maximum atomic E-state index is 10.6. The van der Waals surface area contributed by atoms with E-state index in [2.05, 4.69) is 35.5 Å². The molecule has 0 fully saturated rings. The van der Waals surface area contributed by atoms with Gasteiger partial charge in [-0.2, -0.15) is 0 Å². The second-order valence-corrected chi connectivity index (χ2v) is 5.57. The predicted molar refractivity (Wildman–Crippen MR) is 95.6 cm³/mol. The Balaban J connectivity index is 1.78. The Bertz CT molecular complexity index is 872. The molecule has 120 valence electrons. The van der Waals surface area contributed by atoms with Crippen LogP contribution < -0.4 is 0 Å². The number of aliphatic imine (C=N–C) groups is 1. The van der Waals surface area contributed by atoms with Crippen LogP contribution in [0.1, 0.15) is 17.0 Å². The third-order valence-corrected chi connectivity index (χ3v) is 3.85. The second-order valence-electron chi connectivity index (χ2n) is 5.57. The highest BCUT2D eigenvalue weighted by Crippen LogP contribution is 2.20. The van der Waals surface area contributed by atoms with Gasteiger partial charge in [0.15, 0.2) is 0 Å². The number of nitro groups is 1. The van der Waals surface area contributed by atoms with E-state index in [4.69, 9.17) is 0 Å². The van der Waals surface area contributed by atoms with Gasteiger partial charge < -0.3 is 4.57 Å². The van der Waals surface area contributed by atoms with Crippen molar-refractivity contribution in [3.05, 3.63) is 87.7 Å². The highest BCUT2D eigenvalue weighted by atomic mass is 16.6. The van der Waals surface area contributed by atoms with Crippen molar-refractivity contribution in [3.8, 4) is 5.69 Å². The lowest BCUT2D eigenvalue weighted by atomic mass is 10.2. The molecule has 0 unspecified atom stereocenters. The van der Waals surface area contributed by atoms with Gasteiger partial charge in [0.05, 0.1) is 10.6 Å². The number of benzene rings is 2. The van der Waals surface area contributed by atoms with Crippen LogP contribution in [0.4, 0.5) is 11.4 Å². The Morgan fingerprint density at radius 1 is 0.917 bits per heavy atom. The molecular weight excluding hydrogens is 302 g/mol. The molecule has 0 saturated heterocycles. The van der Waals surface area contributed by atoms with Gasteiger partial charge in [0.2, 0.25) is 0 Å². The minimum Gasteiger partial charge on any atom is -0.319 e. The van der Waals surface area contributed by atoms with Crippen LogP contribution in [0.25, 0.3) is 5.69 Å². The van der Waals surface area contributed by atoms with E-state index in [0.29, 0.717) is 0 Å². The van der Waals surface area contributed by atoms with Crippen LogP contribution in [0.15, 0.2) is 65.7 Å². The molecule has 0 saturated carbocycles. The zero-order chi connectivity index (χ0) is 17.1. The Kier molecular flexibility index (Phi) is 4.24. The van der Waals surface area contributed by atoms with Crippen molar-refractivity contribution < 1.29 is 4.92 Å². The maximum Gasteiger partial charge on any atom is 0.269 e. The fraction of sp³-hybridized carbons (Fsp3) is 0.105. The van der Waals surface area contributed by atoms with Gasteiger partial charge in [-0.25, -0.2) is 0 Å². The molecular formula is C19H17N3O2. The zero-order valence-electron chi connectivity index (χ0n) is 13.5. The molecule has 0 N–H and O–H groups in total. The van der Waals surface area contributed by atoms with E-state index < -0.39 is 4.92 Å². The highest BCUT2D eigenvalue weighted by Gasteiger charge is 2.04. The molecule has 1 heterocycles. The van der Waals surface area contributed by atoms with Gasteiger partial charge in [-0.15, -0.1) is 0 Å². The van der Waals surface area contributed by atoms with Gasteiger partial charge in [0, 0.05) is 35.4 Å². The lowest BCUT2D eigenvalue weighted by Crippen LogP contribution is -1.97. The van der Waals surface area contributed by atoms with Gasteiger partial charge in [-0.1, -0.05) is 0 Å². The molecule has 0 aliphatic heterocycles. The third kappa shape index (κ3) is 3.25. The van der Waals surface area contributed by atoms with Gasteiger partial charge in [-0.3, -0.25) is 15.1 Å². The van der Waals surface area contributed by atoms with Gasteiger partial charge in [-0.05, 0) is 67.9 Å². The average molecular weight is 319 g/mol. The molecule has 3 rings (SSSR count). The van der Waals surface area contributed by atoms with Crippen molar-refractivity contribution in [1.29, 1.82) is 0 Å². The minimum atomic E-state index is -0.412. The molecule has 0 atom stereocenters. The van der Waals surface area contributed by atoms with E-state index in [-0.39, 0.29) is 5.69 Å². The molecule has 5 nitrogen and oxygen atoms in total. The summed E-state index contributed by atoms with van der Waals surface area (Å²) in [4.78, 5) is 14.6. The molecule has 2 aromatic carbocycles. The number of hydrogen-bond donors (Lipinski definition) is 0. The number of hydrogen-bond acceptors (Lipinski definition) is 3. The van der Waals surface area contributed by atoms with Crippen molar-refractivity contribution in [2.45, 2.75) is 13.8 Å². The summed E-state index contributed by atoms with van der Waals surface area (Å²) in [6.07, 6.45) is 1.70. The SMILES string of the molecule is Cc1ccc(C)n1-c1ccc(N=Cc2ccc([N+](=O)[O-])cc2)cc1. The molecule has 0 aliphatic rings. The van der Waals surface area contributed by atoms with E-state index in [0.717, 1.165) is 16.9 Å². The minimum absolute atomic E-state index is 0.0777. The number of aromatic nitrogens is 1. The number of rotatable bonds is 4. The van der Waals surface area contributed by atoms with Crippen LogP contribution >= 0.6 is 0 Å². The van der Waals surface area contributed by atoms with Crippen LogP contribution in [0, 0.1) is 24.0 Å². The average Bonchev–Trinajstić information content (AvgIpc) is 2.92. The molecule has 0 bridgehead atoms. The summed E-state index contributed by atoms with van der Waals surface area (Å²) >= 11 is 0. The van der Waals surface area contributed by atoms with Crippen molar-refractivity contribution in [2.75, 3.05) is 0 Å². The molecule has 0 radical (unpaired) electrons. The van der Waals surface area contributed by atoms with Crippen LogP contribution in [0.3, 0.4) is 0 Å². The van der Waals surface area contributed by atoms with Crippen LogP contribution in [-0.4, -0.2) is 15.7 Å². The van der Waals surface area contributed by atoms with Gasteiger partial charge in [0.1, 0.15) is 0 Å². The Labute approximate surface area is 140 Å². The molecule has 0 aliphatic carbocycles. The van der Waals surface area contributed by atoms with Crippen molar-refractivity contribution in [1.82, 2.24) is 4.57 Å². The fourth-order valence-electron chi connectivity index (χ4n) is 2.59. The first-order valence-corrected chi connectivity index (χ1v) is 7.58.